The van der Waals surface area contributed by atoms with Gasteiger partial charge < -0.3 is 4.42 Å². The van der Waals surface area contributed by atoms with Crippen LogP contribution in [0.1, 0.15) is 0 Å². The summed E-state index contributed by atoms with van der Waals surface area (Å²) in [6.45, 7) is 0. The topological polar surface area (TPSA) is 13.1 Å². The summed E-state index contributed by atoms with van der Waals surface area (Å²) in [5.74, 6) is 0.905. The van der Waals surface area contributed by atoms with Gasteiger partial charge in [0.15, 0.2) is 5.58 Å². The van der Waals surface area contributed by atoms with E-state index in [-0.39, 0.29) is 0 Å². The number of hydrogen-bond acceptors (Lipinski definition) is 2. The van der Waals surface area contributed by atoms with Crippen LogP contribution in [0.5, 0.6) is 0 Å². The first-order valence-electron chi connectivity index (χ1n) is 15.7. The molecule has 0 unspecified atom stereocenters. The zero-order valence-electron chi connectivity index (χ0n) is 24.8. The van der Waals surface area contributed by atoms with Crippen LogP contribution in [0.25, 0.3) is 97.0 Å². The fraction of sp³-hybridized carbons (Fsp3) is 0. The van der Waals surface area contributed by atoms with Crippen LogP contribution in [0.2, 0.25) is 0 Å². The Kier molecular flexibility index (Phi) is 5.51. The lowest BCUT2D eigenvalue weighted by molar-refractivity contribution is 0.635. The zero-order valence-corrected chi connectivity index (χ0v) is 25.6. The van der Waals surface area contributed by atoms with Crippen LogP contribution < -0.4 is 0 Å². The van der Waals surface area contributed by atoms with Crippen molar-refractivity contribution < 1.29 is 4.42 Å². The van der Waals surface area contributed by atoms with Gasteiger partial charge in [-0.05, 0) is 72.8 Å². The quantitative estimate of drug-likeness (QED) is 0.183. The Morgan fingerprint density at radius 3 is 1.83 bits per heavy atom. The predicted octanol–water partition coefficient (Wildman–Crippen LogP) is 13.3. The van der Waals surface area contributed by atoms with Crippen LogP contribution in [-0.4, -0.2) is 0 Å². The van der Waals surface area contributed by atoms with Crippen LogP contribution in [0.3, 0.4) is 0 Å². The summed E-state index contributed by atoms with van der Waals surface area (Å²) in [5.41, 5.74) is 7.13. The summed E-state index contributed by atoms with van der Waals surface area (Å²) in [6.07, 6.45) is 0. The van der Waals surface area contributed by atoms with E-state index in [0.29, 0.717) is 0 Å². The van der Waals surface area contributed by atoms with E-state index in [1.54, 1.807) is 0 Å². The van der Waals surface area contributed by atoms with E-state index < -0.39 is 0 Å². The Balaban J connectivity index is 1.28. The lowest BCUT2D eigenvalue weighted by Crippen LogP contribution is -1.91. The molecule has 0 atom stereocenters. The summed E-state index contributed by atoms with van der Waals surface area (Å²) in [6, 6.07) is 57.2. The molecule has 0 N–H and O–H groups in total. The van der Waals surface area contributed by atoms with Crippen molar-refractivity contribution in [2.45, 2.75) is 0 Å². The summed E-state index contributed by atoms with van der Waals surface area (Å²) in [7, 11) is 0. The normalized spacial score (nSPS) is 11.9. The van der Waals surface area contributed by atoms with Crippen LogP contribution >= 0.6 is 11.3 Å². The molecular formula is C44H26OS. The number of furan rings is 1. The van der Waals surface area contributed by atoms with Crippen molar-refractivity contribution in [3.8, 4) is 33.6 Å². The molecule has 2 heteroatoms. The second-order valence-electron chi connectivity index (χ2n) is 12.0. The highest BCUT2D eigenvalue weighted by Gasteiger charge is 2.21. The van der Waals surface area contributed by atoms with E-state index >= 15 is 0 Å². The minimum atomic E-state index is 0.905. The highest BCUT2D eigenvalue weighted by atomic mass is 32.1. The Bertz CT molecular complexity index is 2740. The molecule has 0 spiro atoms. The Morgan fingerprint density at radius 1 is 0.413 bits per heavy atom. The fourth-order valence-corrected chi connectivity index (χ4v) is 8.63. The van der Waals surface area contributed by atoms with Crippen molar-refractivity contribution in [2.75, 3.05) is 0 Å². The molecule has 0 saturated carbocycles. The summed E-state index contributed by atoms with van der Waals surface area (Å²) in [5, 5.41) is 11.2. The molecule has 0 aliphatic rings. The van der Waals surface area contributed by atoms with E-state index in [1.807, 2.05) is 17.4 Å². The molecule has 46 heavy (non-hydrogen) atoms. The van der Waals surface area contributed by atoms with Gasteiger partial charge in [0.25, 0.3) is 0 Å². The van der Waals surface area contributed by atoms with Crippen LogP contribution in [0.15, 0.2) is 162 Å². The van der Waals surface area contributed by atoms with Crippen molar-refractivity contribution in [1.82, 2.24) is 0 Å². The van der Waals surface area contributed by atoms with Gasteiger partial charge in [0.05, 0.1) is 4.70 Å². The standard InChI is InChI=1S/C44H26OS/c1-2-12-28(13-3-1)38-26-31-23-24-37-42-36(19-10-20-39(42)46-44(37)43(31)45-38)41-34-17-8-6-15-32(34)40(33-16-7-9-18-35(33)41)30-22-21-27-11-4-5-14-29(27)25-30/h1-26H. The lowest BCUT2D eigenvalue weighted by Gasteiger charge is -2.18. The molecular weight excluding hydrogens is 577 g/mol. The van der Waals surface area contributed by atoms with E-state index in [9.17, 15) is 0 Å². The van der Waals surface area contributed by atoms with E-state index in [4.69, 9.17) is 4.42 Å². The van der Waals surface area contributed by atoms with Gasteiger partial charge in [-0.15, -0.1) is 11.3 Å². The number of rotatable bonds is 3. The molecule has 0 aliphatic carbocycles. The monoisotopic (exact) mass is 602 g/mol. The fourth-order valence-electron chi connectivity index (χ4n) is 7.41. The van der Waals surface area contributed by atoms with Crippen molar-refractivity contribution in [1.29, 1.82) is 0 Å². The molecule has 214 valence electrons. The maximum atomic E-state index is 6.59. The first-order chi connectivity index (χ1) is 22.8. The van der Waals surface area contributed by atoms with Gasteiger partial charge in [0.1, 0.15) is 5.76 Å². The zero-order chi connectivity index (χ0) is 30.2. The molecule has 1 nitrogen and oxygen atoms in total. The molecule has 0 bridgehead atoms. The molecule has 0 radical (unpaired) electrons. The lowest BCUT2D eigenvalue weighted by atomic mass is 9.84. The highest BCUT2D eigenvalue weighted by Crippen LogP contribution is 2.49. The SMILES string of the molecule is c1ccc(-c2cc3ccc4c(sc5cccc(-c6c7ccccc7c(-c7ccc8ccccc8c7)c7ccccc67)c54)c3o2)cc1. The van der Waals surface area contributed by atoms with Crippen LogP contribution in [0.4, 0.5) is 0 Å². The Hall–Kier alpha value is -5.70. The van der Waals surface area contributed by atoms with Crippen LogP contribution in [-0.2, 0) is 0 Å². The molecule has 2 heterocycles. The number of fused-ring (bicyclic) bond motifs is 8. The molecule has 0 saturated heterocycles. The van der Waals surface area contributed by atoms with E-state index in [0.717, 1.165) is 22.3 Å². The molecule has 0 aliphatic heterocycles. The second-order valence-corrected chi connectivity index (χ2v) is 13.1. The average Bonchev–Trinajstić information content (AvgIpc) is 3.73. The largest absolute Gasteiger partial charge is 0.455 e. The van der Waals surface area contributed by atoms with Gasteiger partial charge >= 0.3 is 0 Å². The smallest absolute Gasteiger partial charge is 0.152 e. The summed E-state index contributed by atoms with van der Waals surface area (Å²) >= 11 is 1.83. The van der Waals surface area contributed by atoms with Crippen molar-refractivity contribution in [3.63, 3.8) is 0 Å². The third kappa shape index (κ3) is 3.74. The molecule has 0 fully saturated rings. The van der Waals surface area contributed by atoms with Gasteiger partial charge in [0, 0.05) is 26.4 Å². The minimum absolute atomic E-state index is 0.905. The van der Waals surface area contributed by atoms with Gasteiger partial charge in [-0.1, -0.05) is 140 Å². The Morgan fingerprint density at radius 2 is 1.07 bits per heavy atom. The van der Waals surface area contributed by atoms with Gasteiger partial charge in [0.2, 0.25) is 0 Å². The van der Waals surface area contributed by atoms with Gasteiger partial charge in [-0.3, -0.25) is 0 Å². The van der Waals surface area contributed by atoms with Crippen molar-refractivity contribution in [3.05, 3.63) is 158 Å². The van der Waals surface area contributed by atoms with Crippen LogP contribution in [0, 0.1) is 0 Å². The predicted molar refractivity (Wildman–Crippen MR) is 198 cm³/mol. The number of benzene rings is 8. The Labute approximate surface area is 269 Å². The molecule has 2 aromatic heterocycles. The third-order valence-electron chi connectivity index (χ3n) is 9.45. The summed E-state index contributed by atoms with van der Waals surface area (Å²) in [4.78, 5) is 0. The van der Waals surface area contributed by atoms with Gasteiger partial charge in [-0.2, -0.15) is 0 Å². The minimum Gasteiger partial charge on any atom is -0.455 e. The maximum absolute atomic E-state index is 6.59. The van der Waals surface area contributed by atoms with Crippen molar-refractivity contribution >= 4 is 74.8 Å². The first-order valence-corrected chi connectivity index (χ1v) is 16.5. The summed E-state index contributed by atoms with van der Waals surface area (Å²) < 4.78 is 9.05. The average molecular weight is 603 g/mol. The first kappa shape index (κ1) is 25.6. The maximum Gasteiger partial charge on any atom is 0.152 e. The third-order valence-corrected chi connectivity index (χ3v) is 10.6. The second kappa shape index (κ2) is 9.90. The molecule has 0 amide bonds. The van der Waals surface area contributed by atoms with Gasteiger partial charge in [-0.25, -0.2) is 0 Å². The molecule has 8 aromatic carbocycles. The van der Waals surface area contributed by atoms with Crippen molar-refractivity contribution in [2.24, 2.45) is 0 Å². The highest BCUT2D eigenvalue weighted by molar-refractivity contribution is 7.26. The number of thiophene rings is 1. The van der Waals surface area contributed by atoms with E-state index in [2.05, 4.69) is 152 Å². The number of hydrogen-bond donors (Lipinski definition) is 0. The van der Waals surface area contributed by atoms with E-state index in [1.165, 1.54) is 74.7 Å². The molecule has 10 rings (SSSR count). The molecule has 10 aromatic rings.